The molecular formula is C16H21ClFNO. The molecule has 0 aromatic heterocycles. The first-order valence-electron chi connectivity index (χ1n) is 7.31. The van der Waals surface area contributed by atoms with Crippen LogP contribution in [0.5, 0.6) is 0 Å². The van der Waals surface area contributed by atoms with Gasteiger partial charge in [0.2, 0.25) is 0 Å². The van der Waals surface area contributed by atoms with Gasteiger partial charge in [0.15, 0.2) is 0 Å². The number of halogens is 2. The van der Waals surface area contributed by atoms with Gasteiger partial charge < -0.3 is 5.21 Å². The number of hydroxylamine groups is 2. The van der Waals surface area contributed by atoms with Gasteiger partial charge >= 0.3 is 0 Å². The first kappa shape index (κ1) is 14.3. The Hall–Kier alpha value is -0.640. The maximum atomic E-state index is 14.4. The summed E-state index contributed by atoms with van der Waals surface area (Å²) in [7, 11) is 1.61. The Morgan fingerprint density at radius 2 is 2.05 bits per heavy atom. The minimum Gasteiger partial charge on any atom is -0.314 e. The van der Waals surface area contributed by atoms with Crippen LogP contribution < -0.4 is 0 Å². The fraction of sp³-hybridized carbons (Fsp3) is 0.625. The summed E-state index contributed by atoms with van der Waals surface area (Å²) < 4.78 is 14.4. The van der Waals surface area contributed by atoms with Crippen molar-refractivity contribution in [3.63, 3.8) is 0 Å². The summed E-state index contributed by atoms with van der Waals surface area (Å²) in [6, 6.07) is 2.81. The molecule has 1 atom stereocenters. The monoisotopic (exact) mass is 297 g/mol. The second kappa shape index (κ2) is 4.97. The van der Waals surface area contributed by atoms with Crippen LogP contribution >= 0.6 is 11.6 Å². The minimum atomic E-state index is -0.345. The van der Waals surface area contributed by atoms with Crippen LogP contribution in [0.3, 0.4) is 0 Å². The minimum absolute atomic E-state index is 0.0214. The second-order valence-electron chi connectivity index (χ2n) is 6.58. The largest absolute Gasteiger partial charge is 0.314 e. The van der Waals surface area contributed by atoms with Crippen molar-refractivity contribution in [1.82, 2.24) is 5.06 Å². The van der Waals surface area contributed by atoms with Crippen LogP contribution in [0, 0.1) is 24.1 Å². The van der Waals surface area contributed by atoms with Crippen LogP contribution in [0.1, 0.15) is 49.3 Å². The standard InChI is InChI=1S/C16H21ClFNO/c1-10-3-4-12(18)13(14(10)17)15(19(2)20)16-7-5-11(9-16)6-8-16/h3-4,11,15,20H,5-9H2,1-2H3. The van der Waals surface area contributed by atoms with Gasteiger partial charge in [0.05, 0.1) is 11.1 Å². The molecule has 0 amide bonds. The highest BCUT2D eigenvalue weighted by molar-refractivity contribution is 6.32. The van der Waals surface area contributed by atoms with Crippen molar-refractivity contribution in [2.45, 2.75) is 45.1 Å². The lowest BCUT2D eigenvalue weighted by Crippen LogP contribution is -2.36. The average molecular weight is 298 g/mol. The molecule has 0 spiro atoms. The van der Waals surface area contributed by atoms with Gasteiger partial charge in [-0.25, -0.2) is 4.39 Å². The molecule has 2 bridgehead atoms. The highest BCUT2D eigenvalue weighted by Crippen LogP contribution is 2.62. The third-order valence-corrected chi connectivity index (χ3v) is 5.84. The Bertz CT molecular complexity index is 523. The molecule has 0 radical (unpaired) electrons. The smallest absolute Gasteiger partial charge is 0.129 e. The zero-order valence-corrected chi connectivity index (χ0v) is 12.8. The molecule has 1 N–H and O–H groups in total. The van der Waals surface area contributed by atoms with E-state index in [4.69, 9.17) is 11.6 Å². The Labute approximate surface area is 124 Å². The van der Waals surface area contributed by atoms with Crippen LogP contribution in [-0.2, 0) is 0 Å². The third-order valence-electron chi connectivity index (χ3n) is 5.34. The number of aryl methyl sites for hydroxylation is 1. The van der Waals surface area contributed by atoms with Crippen molar-refractivity contribution < 1.29 is 9.60 Å². The van der Waals surface area contributed by atoms with Crippen molar-refractivity contribution in [3.05, 3.63) is 34.1 Å². The topological polar surface area (TPSA) is 23.5 Å². The summed E-state index contributed by atoms with van der Waals surface area (Å²) in [5, 5.41) is 11.8. The average Bonchev–Trinajstić information content (AvgIpc) is 2.99. The molecule has 0 aliphatic heterocycles. The molecule has 3 rings (SSSR count). The molecule has 20 heavy (non-hydrogen) atoms. The van der Waals surface area contributed by atoms with E-state index in [1.165, 1.54) is 24.0 Å². The van der Waals surface area contributed by atoms with Gasteiger partial charge in [0.25, 0.3) is 0 Å². The molecule has 1 unspecified atom stereocenters. The SMILES string of the molecule is Cc1ccc(F)c(C(N(C)O)C23CCC(CC2)C3)c1Cl. The molecular weight excluding hydrogens is 277 g/mol. The van der Waals surface area contributed by atoms with E-state index in [0.29, 0.717) is 10.6 Å². The zero-order chi connectivity index (χ0) is 14.5. The molecule has 2 fully saturated rings. The maximum Gasteiger partial charge on any atom is 0.129 e. The first-order chi connectivity index (χ1) is 9.44. The predicted molar refractivity (Wildman–Crippen MR) is 77.4 cm³/mol. The van der Waals surface area contributed by atoms with Crippen molar-refractivity contribution in [2.75, 3.05) is 7.05 Å². The normalized spacial score (nSPS) is 30.2. The predicted octanol–water partition coefficient (Wildman–Crippen LogP) is 4.73. The molecule has 1 aromatic carbocycles. The Balaban J connectivity index is 2.11. The summed E-state index contributed by atoms with van der Waals surface area (Å²) >= 11 is 6.37. The summed E-state index contributed by atoms with van der Waals surface area (Å²) in [6.07, 6.45) is 5.56. The summed E-state index contributed by atoms with van der Waals surface area (Å²) in [6.45, 7) is 1.88. The fourth-order valence-electron chi connectivity index (χ4n) is 4.44. The second-order valence-corrected chi connectivity index (χ2v) is 6.96. The van der Waals surface area contributed by atoms with Crippen molar-refractivity contribution in [3.8, 4) is 0 Å². The summed E-state index contributed by atoms with van der Waals surface area (Å²) in [5.74, 6) is 0.431. The molecule has 1 aromatic rings. The lowest BCUT2D eigenvalue weighted by atomic mass is 9.74. The third kappa shape index (κ3) is 2.07. The molecule has 0 heterocycles. The van der Waals surface area contributed by atoms with Gasteiger partial charge in [0.1, 0.15) is 5.82 Å². The lowest BCUT2D eigenvalue weighted by Gasteiger charge is -2.40. The van der Waals surface area contributed by atoms with E-state index in [1.807, 2.05) is 6.92 Å². The van der Waals surface area contributed by atoms with E-state index >= 15 is 0 Å². The molecule has 2 aliphatic rings. The van der Waals surface area contributed by atoms with Gasteiger partial charge in [-0.1, -0.05) is 17.7 Å². The molecule has 0 saturated heterocycles. The summed E-state index contributed by atoms with van der Waals surface area (Å²) in [4.78, 5) is 0. The maximum absolute atomic E-state index is 14.4. The van der Waals surface area contributed by atoms with Gasteiger partial charge in [-0.3, -0.25) is 0 Å². The van der Waals surface area contributed by atoms with E-state index < -0.39 is 0 Å². The van der Waals surface area contributed by atoms with E-state index in [0.717, 1.165) is 30.7 Å². The van der Waals surface area contributed by atoms with Crippen molar-refractivity contribution in [2.24, 2.45) is 11.3 Å². The number of hydrogen-bond acceptors (Lipinski definition) is 2. The molecule has 4 heteroatoms. The molecule has 110 valence electrons. The van der Waals surface area contributed by atoms with Crippen LogP contribution in [0.25, 0.3) is 0 Å². The van der Waals surface area contributed by atoms with E-state index in [1.54, 1.807) is 13.1 Å². The van der Waals surface area contributed by atoms with Gasteiger partial charge in [0, 0.05) is 12.6 Å². The fourth-order valence-corrected chi connectivity index (χ4v) is 4.70. The van der Waals surface area contributed by atoms with E-state index in [-0.39, 0.29) is 17.3 Å². The Morgan fingerprint density at radius 3 is 2.55 bits per heavy atom. The Kier molecular flexibility index (Phi) is 3.56. The van der Waals surface area contributed by atoms with Crippen LogP contribution in [0.2, 0.25) is 5.02 Å². The number of benzene rings is 1. The van der Waals surface area contributed by atoms with Crippen LogP contribution in [0.4, 0.5) is 4.39 Å². The van der Waals surface area contributed by atoms with Gasteiger partial charge in [-0.2, -0.15) is 5.06 Å². The van der Waals surface area contributed by atoms with Crippen LogP contribution in [0.15, 0.2) is 12.1 Å². The first-order valence-corrected chi connectivity index (χ1v) is 7.68. The Morgan fingerprint density at radius 1 is 1.40 bits per heavy atom. The number of rotatable bonds is 3. The van der Waals surface area contributed by atoms with Crippen molar-refractivity contribution >= 4 is 11.6 Å². The lowest BCUT2D eigenvalue weighted by molar-refractivity contribution is -0.143. The number of hydrogen-bond donors (Lipinski definition) is 1. The van der Waals surface area contributed by atoms with Gasteiger partial charge in [-0.15, -0.1) is 0 Å². The summed E-state index contributed by atoms with van der Waals surface area (Å²) in [5.41, 5.74) is 1.31. The molecule has 2 saturated carbocycles. The molecule has 2 aliphatic carbocycles. The quantitative estimate of drug-likeness (QED) is 0.815. The van der Waals surface area contributed by atoms with E-state index in [9.17, 15) is 9.60 Å². The molecule has 2 nitrogen and oxygen atoms in total. The highest BCUT2D eigenvalue weighted by atomic mass is 35.5. The van der Waals surface area contributed by atoms with Crippen LogP contribution in [-0.4, -0.2) is 17.3 Å². The highest BCUT2D eigenvalue weighted by Gasteiger charge is 2.52. The van der Waals surface area contributed by atoms with Crippen molar-refractivity contribution in [1.29, 1.82) is 0 Å². The van der Waals surface area contributed by atoms with Gasteiger partial charge in [-0.05, 0) is 62.0 Å². The number of fused-ring (bicyclic) bond motifs is 2. The number of nitrogens with zero attached hydrogens (tertiary/aromatic N) is 1. The van der Waals surface area contributed by atoms with E-state index in [2.05, 4.69) is 0 Å². The zero-order valence-electron chi connectivity index (χ0n) is 12.0.